The van der Waals surface area contributed by atoms with Crippen LogP contribution in [0.25, 0.3) is 0 Å². The number of carbonyl (C=O) groups is 10. The summed E-state index contributed by atoms with van der Waals surface area (Å²) >= 11 is 0. The van der Waals surface area contributed by atoms with Crippen LogP contribution in [-0.4, -0.2) is 118 Å². The summed E-state index contributed by atoms with van der Waals surface area (Å²) in [6.07, 6.45) is 45.6. The van der Waals surface area contributed by atoms with Gasteiger partial charge < -0.3 is 9.47 Å². The molecule has 5 aliphatic rings. The van der Waals surface area contributed by atoms with Gasteiger partial charge in [0, 0.05) is 61.7 Å². The number of amides is 8. The molecule has 0 spiro atoms. The van der Waals surface area contributed by atoms with Crippen LogP contribution < -0.4 is 0 Å². The summed E-state index contributed by atoms with van der Waals surface area (Å²) in [6, 6.07) is 0. The minimum atomic E-state index is -0.847. The topological polar surface area (TPSA) is 202 Å². The average Bonchev–Trinajstić information content (AvgIpc) is 4.10. The highest BCUT2D eigenvalue weighted by atomic mass is 16.6. The number of hydrogen-bond donors (Lipinski definition) is 0. The summed E-state index contributed by atoms with van der Waals surface area (Å²) in [7, 11) is 0. The van der Waals surface area contributed by atoms with Gasteiger partial charge in [-0.2, -0.15) is 0 Å². The molecule has 4 heterocycles. The van der Waals surface area contributed by atoms with Gasteiger partial charge in [-0.05, 0) is 69.1 Å². The van der Waals surface area contributed by atoms with Gasteiger partial charge in [-0.15, -0.1) is 0 Å². The predicted octanol–water partition coefficient (Wildman–Crippen LogP) is 9.59. The largest absolute Gasteiger partial charge is 0.460 e. The fourth-order valence-corrected chi connectivity index (χ4v) is 11.2. The first-order valence-corrected chi connectivity index (χ1v) is 28.7. The van der Waals surface area contributed by atoms with Gasteiger partial charge >= 0.3 is 11.9 Å². The molecule has 16 heteroatoms. The molecule has 4 aliphatic heterocycles. The summed E-state index contributed by atoms with van der Waals surface area (Å²) in [5.74, 6) is -1.15. The van der Waals surface area contributed by atoms with Crippen molar-refractivity contribution in [1.29, 1.82) is 0 Å². The van der Waals surface area contributed by atoms with Crippen molar-refractivity contribution >= 4 is 59.2 Å². The summed E-state index contributed by atoms with van der Waals surface area (Å²) in [6.45, 7) is 5.79. The first-order valence-electron chi connectivity index (χ1n) is 28.7. The number of imide groups is 4. The standard InChI is InChI=1S/C44H74N2O4.C15H14N2O8/c1-3-5-7-9-15-21-27-39-37(25-19-8-6-4-2)29-30-38(26-20-14-10-12-17-23-35-45-41(47)31-32-42(45)48)40(39)28-22-16-11-13-18-24-36-46-43(49)33-34-44(46)50;1-9(25-15(23)7-17-12(20)4-5-13(17)21)8-24-14(22)6-16-10(18)2-3-11(16)19/h31-34,37-40H,3-30,35-36H2,1-2H3;2-5,9H,6-8H2,1H3. The molecule has 1 fully saturated rings. The lowest BCUT2D eigenvalue weighted by atomic mass is 9.61. The smallest absolute Gasteiger partial charge is 0.326 e. The Morgan fingerprint density at radius 1 is 0.413 bits per heavy atom. The number of hydrogen-bond acceptors (Lipinski definition) is 12. The second-order valence-corrected chi connectivity index (χ2v) is 21.1. The number of unbranched alkanes of at least 4 members (excludes halogenated alkanes) is 18. The second kappa shape index (κ2) is 34.9. The Kier molecular flexibility index (Phi) is 28.9. The molecule has 1 aliphatic carbocycles. The van der Waals surface area contributed by atoms with E-state index in [2.05, 4.69) is 13.8 Å². The third-order valence-corrected chi connectivity index (χ3v) is 15.4. The minimum Gasteiger partial charge on any atom is -0.460 e. The normalized spacial score (nSPS) is 20.6. The fourth-order valence-electron chi connectivity index (χ4n) is 11.2. The van der Waals surface area contributed by atoms with E-state index in [-0.39, 0.29) is 30.2 Å². The van der Waals surface area contributed by atoms with Gasteiger partial charge in [0.05, 0.1) is 0 Å². The molecule has 0 radical (unpaired) electrons. The third kappa shape index (κ3) is 22.3. The number of esters is 2. The first kappa shape index (κ1) is 62.0. The molecule has 16 nitrogen and oxygen atoms in total. The maximum absolute atomic E-state index is 11.8. The Balaban J connectivity index is 0.000000406. The highest BCUT2D eigenvalue weighted by Gasteiger charge is 2.38. The van der Waals surface area contributed by atoms with Gasteiger partial charge in [0.2, 0.25) is 0 Å². The number of carbonyl (C=O) groups excluding carboxylic acids is 10. The fraction of sp³-hybridized carbons (Fsp3) is 0.695. The molecule has 0 aromatic rings. The molecule has 0 aromatic carbocycles. The summed E-state index contributed by atoms with van der Waals surface area (Å²) in [5, 5.41) is 0. The van der Waals surface area contributed by atoms with Crippen LogP contribution in [0.15, 0.2) is 48.6 Å². The Morgan fingerprint density at radius 3 is 1.08 bits per heavy atom. The molecule has 0 N–H and O–H groups in total. The van der Waals surface area contributed by atoms with Gasteiger partial charge in [0.25, 0.3) is 47.3 Å². The van der Waals surface area contributed by atoms with Gasteiger partial charge in [-0.1, -0.05) is 155 Å². The highest BCUT2D eigenvalue weighted by Crippen LogP contribution is 2.48. The van der Waals surface area contributed by atoms with E-state index in [9.17, 15) is 47.9 Å². The lowest BCUT2D eigenvalue weighted by Gasteiger charge is -2.44. The van der Waals surface area contributed by atoms with E-state index in [1.54, 1.807) is 0 Å². The summed E-state index contributed by atoms with van der Waals surface area (Å²) < 4.78 is 9.75. The van der Waals surface area contributed by atoms with E-state index >= 15 is 0 Å². The van der Waals surface area contributed by atoms with Gasteiger partial charge in [0.1, 0.15) is 25.8 Å². The predicted molar refractivity (Wildman–Crippen MR) is 285 cm³/mol. The molecule has 5 atom stereocenters. The SMILES string of the molecule is CC(COC(=O)CN1C(=O)C=CC1=O)OC(=O)CN1C(=O)C=CC1=O.CCCCCCCCC1C(CCCCCC)CCC(CCCCCCCCN2C(=O)C=CC2=O)C1CCCCCCCCN1C(=O)C=CC1=O. The van der Waals surface area contributed by atoms with E-state index in [1.165, 1.54) is 195 Å². The zero-order chi connectivity index (χ0) is 54.4. The Hall–Kier alpha value is -5.54. The number of rotatable bonds is 37. The van der Waals surface area contributed by atoms with Crippen molar-refractivity contribution in [1.82, 2.24) is 19.6 Å². The Morgan fingerprint density at radius 2 is 0.707 bits per heavy atom. The maximum atomic E-state index is 11.8. The van der Waals surface area contributed by atoms with Crippen LogP contribution in [0.3, 0.4) is 0 Å². The molecule has 5 unspecified atom stereocenters. The van der Waals surface area contributed by atoms with E-state index in [4.69, 9.17) is 9.47 Å². The summed E-state index contributed by atoms with van der Waals surface area (Å²) in [5.41, 5.74) is 0. The zero-order valence-corrected chi connectivity index (χ0v) is 45.5. The molecule has 1 saturated carbocycles. The van der Waals surface area contributed by atoms with Crippen LogP contribution in [0.4, 0.5) is 0 Å². The quantitative estimate of drug-likeness (QED) is 0.0324. The third-order valence-electron chi connectivity index (χ3n) is 15.4. The lowest BCUT2D eigenvalue weighted by molar-refractivity contribution is -0.162. The van der Waals surface area contributed by atoms with Crippen molar-refractivity contribution in [2.75, 3.05) is 32.8 Å². The van der Waals surface area contributed by atoms with Crippen molar-refractivity contribution < 1.29 is 57.4 Å². The lowest BCUT2D eigenvalue weighted by Crippen LogP contribution is -2.38. The maximum Gasteiger partial charge on any atom is 0.326 e. The molecule has 8 amide bonds. The Labute approximate surface area is 446 Å². The minimum absolute atomic E-state index is 0.153. The van der Waals surface area contributed by atoms with E-state index in [1.807, 2.05) is 0 Å². The van der Waals surface area contributed by atoms with Crippen molar-refractivity contribution in [3.05, 3.63) is 48.6 Å². The van der Waals surface area contributed by atoms with Crippen molar-refractivity contribution in [2.24, 2.45) is 23.7 Å². The van der Waals surface area contributed by atoms with E-state index < -0.39 is 54.8 Å². The number of ether oxygens (including phenoxy) is 2. The molecule has 5 rings (SSSR count). The molecule has 0 bridgehead atoms. The zero-order valence-electron chi connectivity index (χ0n) is 45.5. The van der Waals surface area contributed by atoms with Crippen molar-refractivity contribution in [2.45, 2.75) is 207 Å². The number of nitrogens with zero attached hydrogens (tertiary/aromatic N) is 4. The van der Waals surface area contributed by atoms with Crippen molar-refractivity contribution in [3.63, 3.8) is 0 Å². The van der Waals surface area contributed by atoms with Gasteiger partial charge in [-0.25, -0.2) is 0 Å². The first-order chi connectivity index (χ1) is 36.2. The van der Waals surface area contributed by atoms with Crippen LogP contribution in [0, 0.1) is 23.7 Å². The van der Waals surface area contributed by atoms with Gasteiger partial charge in [0.15, 0.2) is 0 Å². The van der Waals surface area contributed by atoms with Crippen LogP contribution >= 0.6 is 0 Å². The van der Waals surface area contributed by atoms with Crippen molar-refractivity contribution in [3.8, 4) is 0 Å². The Bertz CT molecular complexity index is 1970. The monoisotopic (exact) mass is 1040 g/mol. The molecule has 416 valence electrons. The average molecular weight is 1050 g/mol. The van der Waals surface area contributed by atoms with Crippen LogP contribution in [0.2, 0.25) is 0 Å². The second-order valence-electron chi connectivity index (χ2n) is 21.1. The van der Waals surface area contributed by atoms with E-state index in [0.29, 0.717) is 22.9 Å². The van der Waals surface area contributed by atoms with Gasteiger partial charge in [-0.3, -0.25) is 67.5 Å². The molecule has 0 saturated heterocycles. The molecule has 75 heavy (non-hydrogen) atoms. The molecule has 0 aromatic heterocycles. The highest BCUT2D eigenvalue weighted by molar-refractivity contribution is 6.15. The molecular formula is C59H88N4O12. The van der Waals surface area contributed by atoms with Crippen LogP contribution in [-0.2, 0) is 57.4 Å². The van der Waals surface area contributed by atoms with Crippen LogP contribution in [0.5, 0.6) is 0 Å². The molecular weight excluding hydrogens is 957 g/mol. The summed E-state index contributed by atoms with van der Waals surface area (Å²) in [4.78, 5) is 120. The van der Waals surface area contributed by atoms with Crippen LogP contribution in [0.1, 0.15) is 201 Å². The van der Waals surface area contributed by atoms with E-state index in [0.717, 1.165) is 73.7 Å².